The van der Waals surface area contributed by atoms with Crippen LogP contribution in [0.25, 0.3) is 21.8 Å². The van der Waals surface area contributed by atoms with Crippen LogP contribution in [-0.4, -0.2) is 33.3 Å². The highest BCUT2D eigenvalue weighted by atomic mass is 15.2. The van der Waals surface area contributed by atoms with E-state index in [0.717, 1.165) is 41.4 Å². The average Bonchev–Trinajstić information content (AvgIpc) is 3.11. The van der Waals surface area contributed by atoms with E-state index >= 15 is 0 Å². The molecular formula is C20H20N6. The Morgan fingerprint density at radius 1 is 0.962 bits per heavy atom. The number of hydrogen-bond acceptors (Lipinski definition) is 5. The average molecular weight is 344 g/mol. The lowest BCUT2D eigenvalue weighted by Gasteiger charge is -2.28. The maximum atomic E-state index is 4.66. The van der Waals surface area contributed by atoms with Gasteiger partial charge in [0.25, 0.3) is 0 Å². The monoisotopic (exact) mass is 344 g/mol. The smallest absolute Gasteiger partial charge is 0.178 e. The Hall–Kier alpha value is -3.15. The Kier molecular flexibility index (Phi) is 3.66. The van der Waals surface area contributed by atoms with Crippen LogP contribution in [0.4, 0.5) is 17.3 Å². The first-order chi connectivity index (χ1) is 12.9. The molecule has 0 spiro atoms. The van der Waals surface area contributed by atoms with Gasteiger partial charge in [0.1, 0.15) is 11.3 Å². The zero-order valence-corrected chi connectivity index (χ0v) is 14.4. The number of benzene rings is 1. The molecule has 26 heavy (non-hydrogen) atoms. The van der Waals surface area contributed by atoms with Crippen LogP contribution < -0.4 is 10.2 Å². The Morgan fingerprint density at radius 2 is 1.88 bits per heavy atom. The predicted molar refractivity (Wildman–Crippen MR) is 105 cm³/mol. The molecule has 6 heteroatoms. The second-order valence-corrected chi connectivity index (χ2v) is 6.71. The van der Waals surface area contributed by atoms with Gasteiger partial charge in [-0.1, -0.05) is 0 Å². The number of piperidine rings is 1. The highest BCUT2D eigenvalue weighted by Gasteiger charge is 2.15. The van der Waals surface area contributed by atoms with Crippen LogP contribution in [0, 0.1) is 0 Å². The summed E-state index contributed by atoms with van der Waals surface area (Å²) in [6.07, 6.45) is 7.50. The quantitative estimate of drug-likeness (QED) is 0.582. The van der Waals surface area contributed by atoms with Gasteiger partial charge in [-0.15, -0.1) is 0 Å². The molecule has 1 saturated heterocycles. The molecule has 4 heterocycles. The number of pyridine rings is 2. The van der Waals surface area contributed by atoms with Gasteiger partial charge < -0.3 is 10.2 Å². The van der Waals surface area contributed by atoms with Gasteiger partial charge in [0.2, 0.25) is 0 Å². The van der Waals surface area contributed by atoms with Crippen molar-refractivity contribution in [1.29, 1.82) is 0 Å². The van der Waals surface area contributed by atoms with E-state index < -0.39 is 0 Å². The van der Waals surface area contributed by atoms with E-state index in [2.05, 4.69) is 54.6 Å². The summed E-state index contributed by atoms with van der Waals surface area (Å²) in [4.78, 5) is 11.5. The largest absolute Gasteiger partial charge is 0.356 e. The molecule has 130 valence electrons. The van der Waals surface area contributed by atoms with E-state index in [1.54, 1.807) is 6.20 Å². The summed E-state index contributed by atoms with van der Waals surface area (Å²) in [5, 5.41) is 13.1. The van der Waals surface area contributed by atoms with Crippen molar-refractivity contribution >= 4 is 39.1 Å². The third-order valence-electron chi connectivity index (χ3n) is 4.98. The van der Waals surface area contributed by atoms with Gasteiger partial charge in [0, 0.05) is 36.6 Å². The molecule has 0 radical (unpaired) electrons. The number of nitrogens with one attached hydrogen (secondary N) is 2. The third-order valence-corrected chi connectivity index (χ3v) is 4.98. The van der Waals surface area contributed by atoms with Gasteiger partial charge in [-0.2, -0.15) is 5.10 Å². The Morgan fingerprint density at radius 3 is 2.81 bits per heavy atom. The normalized spacial score (nSPS) is 14.8. The lowest BCUT2D eigenvalue weighted by molar-refractivity contribution is 0.575. The summed E-state index contributed by atoms with van der Waals surface area (Å²) in [5.41, 5.74) is 2.76. The number of hydrogen-bond donors (Lipinski definition) is 2. The molecule has 6 nitrogen and oxygen atoms in total. The van der Waals surface area contributed by atoms with E-state index in [4.69, 9.17) is 0 Å². The second kappa shape index (κ2) is 6.29. The number of fused-ring (bicyclic) bond motifs is 2. The van der Waals surface area contributed by atoms with Crippen molar-refractivity contribution in [3.05, 3.63) is 48.8 Å². The molecule has 0 aliphatic carbocycles. The van der Waals surface area contributed by atoms with Crippen molar-refractivity contribution in [2.75, 3.05) is 23.3 Å². The van der Waals surface area contributed by atoms with Crippen LogP contribution in [0.5, 0.6) is 0 Å². The van der Waals surface area contributed by atoms with Crippen LogP contribution >= 0.6 is 0 Å². The number of anilines is 3. The van der Waals surface area contributed by atoms with E-state index in [9.17, 15) is 0 Å². The summed E-state index contributed by atoms with van der Waals surface area (Å²) in [5.74, 6) is 1.84. The predicted octanol–water partition coefficient (Wildman–Crippen LogP) is 4.24. The van der Waals surface area contributed by atoms with E-state index in [1.807, 2.05) is 18.3 Å². The minimum atomic E-state index is 0.741. The minimum Gasteiger partial charge on any atom is -0.356 e. The van der Waals surface area contributed by atoms with Crippen molar-refractivity contribution in [3.63, 3.8) is 0 Å². The summed E-state index contributed by atoms with van der Waals surface area (Å²) < 4.78 is 0. The van der Waals surface area contributed by atoms with Crippen LogP contribution in [-0.2, 0) is 0 Å². The van der Waals surface area contributed by atoms with Crippen LogP contribution in [0.15, 0.2) is 48.8 Å². The highest BCUT2D eigenvalue weighted by Crippen LogP contribution is 2.30. The minimum absolute atomic E-state index is 0.741. The molecule has 3 aromatic heterocycles. The SMILES string of the molecule is c1cnc2c(Nc3ccc4c(N5CCCCC5)nccc4c3)n[nH]c2c1. The van der Waals surface area contributed by atoms with Crippen LogP contribution in [0.1, 0.15) is 19.3 Å². The molecule has 1 aliphatic rings. The zero-order chi connectivity index (χ0) is 17.3. The number of aromatic amines is 1. The van der Waals surface area contributed by atoms with Crippen molar-refractivity contribution in [2.24, 2.45) is 0 Å². The van der Waals surface area contributed by atoms with Crippen molar-refractivity contribution < 1.29 is 0 Å². The fourth-order valence-electron chi connectivity index (χ4n) is 3.67. The zero-order valence-electron chi connectivity index (χ0n) is 14.4. The van der Waals surface area contributed by atoms with E-state index in [-0.39, 0.29) is 0 Å². The van der Waals surface area contributed by atoms with Crippen molar-refractivity contribution in [1.82, 2.24) is 20.2 Å². The third kappa shape index (κ3) is 2.63. The maximum absolute atomic E-state index is 4.66. The van der Waals surface area contributed by atoms with Crippen molar-refractivity contribution in [3.8, 4) is 0 Å². The standard InChI is InChI=1S/C20H20N6/c1-2-11-26(12-3-1)20-16-7-6-15(13-14(16)8-10-22-20)23-19-18-17(24-25-19)5-4-9-21-18/h4-10,13H,1-3,11-12H2,(H2,23,24,25). The van der Waals surface area contributed by atoms with E-state index in [1.165, 1.54) is 30.0 Å². The number of rotatable bonds is 3. The number of nitrogens with zero attached hydrogens (tertiary/aromatic N) is 4. The molecule has 0 saturated carbocycles. The maximum Gasteiger partial charge on any atom is 0.178 e. The molecule has 1 aliphatic heterocycles. The molecule has 0 unspecified atom stereocenters. The first-order valence-electron chi connectivity index (χ1n) is 9.08. The fourth-order valence-corrected chi connectivity index (χ4v) is 3.67. The molecule has 4 aromatic rings. The summed E-state index contributed by atoms with van der Waals surface area (Å²) >= 11 is 0. The second-order valence-electron chi connectivity index (χ2n) is 6.71. The molecule has 0 amide bonds. The highest BCUT2D eigenvalue weighted by molar-refractivity contribution is 5.95. The van der Waals surface area contributed by atoms with Crippen molar-refractivity contribution in [2.45, 2.75) is 19.3 Å². The number of aromatic nitrogens is 4. The Labute approximate surface area is 151 Å². The van der Waals surface area contributed by atoms with Gasteiger partial charge in [-0.05, 0) is 61.0 Å². The first-order valence-corrected chi connectivity index (χ1v) is 9.08. The molecule has 0 bridgehead atoms. The molecule has 1 aromatic carbocycles. The molecular weight excluding hydrogens is 324 g/mol. The van der Waals surface area contributed by atoms with Gasteiger partial charge in [-0.3, -0.25) is 10.1 Å². The summed E-state index contributed by atoms with van der Waals surface area (Å²) in [6.45, 7) is 2.19. The Balaban J connectivity index is 1.50. The first kappa shape index (κ1) is 15.1. The van der Waals surface area contributed by atoms with Gasteiger partial charge >= 0.3 is 0 Å². The molecule has 0 atom stereocenters. The van der Waals surface area contributed by atoms with Crippen LogP contribution in [0.2, 0.25) is 0 Å². The van der Waals surface area contributed by atoms with Gasteiger partial charge in [0.15, 0.2) is 5.82 Å². The Bertz CT molecular complexity index is 1060. The molecule has 1 fully saturated rings. The number of H-pyrrole nitrogens is 1. The topological polar surface area (TPSA) is 69.7 Å². The molecule has 2 N–H and O–H groups in total. The fraction of sp³-hybridized carbons (Fsp3) is 0.250. The summed E-state index contributed by atoms with van der Waals surface area (Å²) in [7, 11) is 0. The lowest BCUT2D eigenvalue weighted by Crippen LogP contribution is -2.30. The van der Waals surface area contributed by atoms with E-state index in [0.29, 0.717) is 0 Å². The molecule has 5 rings (SSSR count). The van der Waals surface area contributed by atoms with Crippen LogP contribution in [0.3, 0.4) is 0 Å². The van der Waals surface area contributed by atoms with Gasteiger partial charge in [0.05, 0.1) is 5.52 Å². The summed E-state index contributed by atoms with van der Waals surface area (Å²) in [6, 6.07) is 12.3. The van der Waals surface area contributed by atoms with Gasteiger partial charge in [-0.25, -0.2) is 4.98 Å². The lowest BCUT2D eigenvalue weighted by atomic mass is 10.1.